The van der Waals surface area contributed by atoms with E-state index in [9.17, 15) is 9.59 Å². The van der Waals surface area contributed by atoms with E-state index >= 15 is 0 Å². The van der Waals surface area contributed by atoms with Crippen molar-refractivity contribution in [2.75, 3.05) is 25.0 Å². The van der Waals surface area contributed by atoms with Gasteiger partial charge in [-0.25, -0.2) is 0 Å². The summed E-state index contributed by atoms with van der Waals surface area (Å²) in [5, 5.41) is 3.04. The van der Waals surface area contributed by atoms with Gasteiger partial charge in [-0.2, -0.15) is 0 Å². The van der Waals surface area contributed by atoms with E-state index in [4.69, 9.17) is 5.73 Å². The Hall–Kier alpha value is -1.88. The third-order valence-electron chi connectivity index (χ3n) is 4.45. The molecule has 1 fully saturated rings. The summed E-state index contributed by atoms with van der Waals surface area (Å²) in [6.45, 7) is 8.18. The SMILES string of the molecule is Cc1cc(C)c(NC(=O)C[NH+]2CCC(C(N)=O)CC2)c(C)c1. The summed E-state index contributed by atoms with van der Waals surface area (Å²) in [4.78, 5) is 24.6. The maximum absolute atomic E-state index is 12.3. The molecule has 0 unspecified atom stereocenters. The molecule has 2 rings (SSSR count). The van der Waals surface area contributed by atoms with Crippen molar-refractivity contribution in [1.29, 1.82) is 0 Å². The number of nitrogens with one attached hydrogen (secondary N) is 2. The number of aryl methyl sites for hydroxylation is 3. The molecular weight excluding hydrogens is 278 g/mol. The van der Waals surface area contributed by atoms with Crippen molar-refractivity contribution in [3.05, 3.63) is 28.8 Å². The standard InChI is InChI=1S/C17H25N3O2/c1-11-8-12(2)16(13(3)9-11)19-15(21)10-20-6-4-14(5-7-20)17(18)22/h8-9,14H,4-7,10H2,1-3H3,(H2,18,22)(H,19,21)/p+1. The fourth-order valence-corrected chi connectivity index (χ4v) is 3.28. The first-order chi connectivity index (χ1) is 10.4. The Morgan fingerprint density at radius 2 is 1.73 bits per heavy atom. The summed E-state index contributed by atoms with van der Waals surface area (Å²) in [7, 11) is 0. The summed E-state index contributed by atoms with van der Waals surface area (Å²) in [5.74, 6) is -0.203. The van der Waals surface area contributed by atoms with Crippen LogP contribution < -0.4 is 16.0 Å². The topological polar surface area (TPSA) is 76.6 Å². The highest BCUT2D eigenvalue weighted by molar-refractivity contribution is 5.93. The lowest BCUT2D eigenvalue weighted by atomic mass is 9.96. The summed E-state index contributed by atoms with van der Waals surface area (Å²) in [5.41, 5.74) is 9.64. The van der Waals surface area contributed by atoms with Crippen LogP contribution in [0.2, 0.25) is 0 Å². The van der Waals surface area contributed by atoms with Gasteiger partial charge in [0, 0.05) is 24.4 Å². The number of primary amides is 1. The summed E-state index contributed by atoms with van der Waals surface area (Å²) >= 11 is 0. The fourth-order valence-electron chi connectivity index (χ4n) is 3.28. The largest absolute Gasteiger partial charge is 0.369 e. The molecule has 0 spiro atoms. The smallest absolute Gasteiger partial charge is 0.279 e. The number of quaternary nitrogens is 1. The lowest BCUT2D eigenvalue weighted by molar-refractivity contribution is -0.897. The summed E-state index contributed by atoms with van der Waals surface area (Å²) in [6.07, 6.45) is 1.56. The molecule has 1 aliphatic rings. The van der Waals surface area contributed by atoms with Crippen LogP contribution in [-0.2, 0) is 9.59 Å². The molecule has 22 heavy (non-hydrogen) atoms. The van der Waals surface area contributed by atoms with Crippen molar-refractivity contribution in [2.24, 2.45) is 11.7 Å². The number of rotatable bonds is 4. The Labute approximate surface area is 131 Å². The molecule has 1 heterocycles. The molecule has 4 N–H and O–H groups in total. The van der Waals surface area contributed by atoms with Crippen molar-refractivity contribution < 1.29 is 14.5 Å². The molecule has 0 radical (unpaired) electrons. The molecule has 0 saturated carbocycles. The second-order valence-electron chi connectivity index (χ2n) is 6.43. The summed E-state index contributed by atoms with van der Waals surface area (Å²) in [6, 6.07) is 4.15. The van der Waals surface area contributed by atoms with E-state index in [-0.39, 0.29) is 17.7 Å². The Kier molecular flexibility index (Phi) is 5.19. The van der Waals surface area contributed by atoms with Gasteiger partial charge >= 0.3 is 0 Å². The Bertz CT molecular complexity index is 552. The van der Waals surface area contributed by atoms with Crippen LogP contribution in [-0.4, -0.2) is 31.4 Å². The van der Waals surface area contributed by atoms with Gasteiger partial charge in [0.2, 0.25) is 5.91 Å². The van der Waals surface area contributed by atoms with E-state index < -0.39 is 0 Å². The maximum atomic E-state index is 12.3. The van der Waals surface area contributed by atoms with Gasteiger partial charge in [-0.3, -0.25) is 9.59 Å². The third kappa shape index (κ3) is 4.07. The van der Waals surface area contributed by atoms with Gasteiger partial charge in [0.05, 0.1) is 13.1 Å². The minimum absolute atomic E-state index is 0.0200. The maximum Gasteiger partial charge on any atom is 0.279 e. The van der Waals surface area contributed by atoms with Gasteiger partial charge in [-0.15, -0.1) is 0 Å². The molecular formula is C17H26N3O2+. The molecule has 2 amide bonds. The quantitative estimate of drug-likeness (QED) is 0.750. The summed E-state index contributed by atoms with van der Waals surface area (Å²) < 4.78 is 0. The van der Waals surface area contributed by atoms with Crippen LogP contribution in [0, 0.1) is 26.7 Å². The van der Waals surface area contributed by atoms with Gasteiger partial charge < -0.3 is 16.0 Å². The number of anilines is 1. The molecule has 120 valence electrons. The number of carbonyl (C=O) groups excluding carboxylic acids is 2. The first kappa shape index (κ1) is 16.5. The van der Waals surface area contributed by atoms with Crippen LogP contribution in [0.1, 0.15) is 29.5 Å². The van der Waals surface area contributed by atoms with E-state index in [1.54, 1.807) is 0 Å². The second kappa shape index (κ2) is 6.92. The highest BCUT2D eigenvalue weighted by Gasteiger charge is 2.27. The minimum atomic E-state index is -0.214. The van der Waals surface area contributed by atoms with E-state index in [2.05, 4.69) is 24.4 Å². The zero-order chi connectivity index (χ0) is 16.3. The van der Waals surface area contributed by atoms with Gasteiger partial charge in [0.1, 0.15) is 0 Å². The van der Waals surface area contributed by atoms with Crippen molar-refractivity contribution in [3.8, 4) is 0 Å². The molecule has 5 nitrogen and oxygen atoms in total. The van der Waals surface area contributed by atoms with E-state index in [1.807, 2.05) is 13.8 Å². The monoisotopic (exact) mass is 304 g/mol. The molecule has 0 aliphatic carbocycles. The predicted octanol–water partition coefficient (Wildman–Crippen LogP) is 0.331. The van der Waals surface area contributed by atoms with Gasteiger partial charge in [0.25, 0.3) is 5.91 Å². The first-order valence-electron chi connectivity index (χ1n) is 7.87. The second-order valence-corrected chi connectivity index (χ2v) is 6.43. The average molecular weight is 304 g/mol. The number of hydrogen-bond acceptors (Lipinski definition) is 2. The third-order valence-corrected chi connectivity index (χ3v) is 4.45. The number of hydrogen-bond donors (Lipinski definition) is 3. The Balaban J connectivity index is 1.90. The van der Waals surface area contributed by atoms with E-state index in [0.717, 1.165) is 42.7 Å². The molecule has 0 bridgehead atoms. The predicted molar refractivity (Wildman–Crippen MR) is 86.8 cm³/mol. The van der Waals surface area contributed by atoms with Crippen LogP contribution in [0.5, 0.6) is 0 Å². The van der Waals surface area contributed by atoms with Crippen LogP contribution in [0.3, 0.4) is 0 Å². The van der Waals surface area contributed by atoms with Gasteiger partial charge in [-0.05, 0) is 31.9 Å². The number of carbonyl (C=O) groups is 2. The normalized spacial score (nSPS) is 21.4. The lowest BCUT2D eigenvalue weighted by Crippen LogP contribution is -3.14. The van der Waals surface area contributed by atoms with Crippen molar-refractivity contribution in [3.63, 3.8) is 0 Å². The lowest BCUT2D eigenvalue weighted by Gasteiger charge is -2.27. The fraction of sp³-hybridized carbons (Fsp3) is 0.529. The van der Waals surface area contributed by atoms with Gasteiger partial charge in [-0.1, -0.05) is 17.7 Å². The van der Waals surface area contributed by atoms with Crippen molar-refractivity contribution in [2.45, 2.75) is 33.6 Å². The minimum Gasteiger partial charge on any atom is -0.369 e. The van der Waals surface area contributed by atoms with Gasteiger partial charge in [0.15, 0.2) is 6.54 Å². The molecule has 1 aliphatic heterocycles. The molecule has 1 aromatic carbocycles. The van der Waals surface area contributed by atoms with Crippen LogP contribution in [0.25, 0.3) is 0 Å². The van der Waals surface area contributed by atoms with Crippen LogP contribution in [0.15, 0.2) is 12.1 Å². The molecule has 5 heteroatoms. The van der Waals surface area contributed by atoms with E-state index in [0.29, 0.717) is 6.54 Å². The molecule has 0 atom stereocenters. The van der Waals surface area contributed by atoms with Crippen LogP contribution >= 0.6 is 0 Å². The molecule has 1 aromatic rings. The van der Waals surface area contributed by atoms with Crippen LogP contribution in [0.4, 0.5) is 5.69 Å². The zero-order valence-corrected chi connectivity index (χ0v) is 13.7. The number of piperidine rings is 1. The number of likely N-dealkylation sites (tertiary alicyclic amines) is 1. The Morgan fingerprint density at radius 1 is 1.18 bits per heavy atom. The number of amides is 2. The van der Waals surface area contributed by atoms with Crippen molar-refractivity contribution >= 4 is 17.5 Å². The number of nitrogens with two attached hydrogens (primary N) is 1. The highest BCUT2D eigenvalue weighted by atomic mass is 16.2. The Morgan fingerprint density at radius 3 is 2.23 bits per heavy atom. The van der Waals surface area contributed by atoms with Crippen molar-refractivity contribution in [1.82, 2.24) is 0 Å². The molecule has 0 aromatic heterocycles. The molecule has 1 saturated heterocycles. The van der Waals surface area contributed by atoms with E-state index in [1.165, 1.54) is 10.5 Å². The highest BCUT2D eigenvalue weighted by Crippen LogP contribution is 2.21. The number of benzene rings is 1. The first-order valence-corrected chi connectivity index (χ1v) is 7.87. The average Bonchev–Trinajstić information content (AvgIpc) is 2.43. The zero-order valence-electron chi connectivity index (χ0n) is 13.7.